The molecule has 0 aliphatic heterocycles. The molecule has 25 heavy (non-hydrogen) atoms. The van der Waals surface area contributed by atoms with Crippen LogP contribution in [0.15, 0.2) is 35.3 Å². The quantitative estimate of drug-likeness (QED) is 0.358. The fraction of sp³-hybridized carbons (Fsp3) is 0.632. The Bertz CT molecular complexity index is 600. The van der Waals surface area contributed by atoms with Crippen molar-refractivity contribution in [2.45, 2.75) is 52.0 Å². The molecule has 6 heteroatoms. The highest BCUT2D eigenvalue weighted by atomic mass is 32.2. The smallest absolute Gasteiger partial charge is 0.191 e. The summed E-state index contributed by atoms with van der Waals surface area (Å²) in [5, 5.41) is 6.50. The number of unbranched alkanes of at least 4 members (excludes halogenated alkanes) is 2. The molecule has 0 saturated carbocycles. The largest absolute Gasteiger partial charge is 0.357 e. The second-order valence-corrected chi connectivity index (χ2v) is 8.78. The third kappa shape index (κ3) is 11.6. The van der Waals surface area contributed by atoms with Crippen molar-refractivity contribution in [1.82, 2.24) is 10.6 Å². The van der Waals surface area contributed by atoms with Crippen molar-refractivity contribution in [3.8, 4) is 0 Å². The third-order valence-electron chi connectivity index (χ3n) is 3.89. The van der Waals surface area contributed by atoms with Crippen LogP contribution in [0.5, 0.6) is 0 Å². The van der Waals surface area contributed by atoms with Crippen LogP contribution in [0.3, 0.4) is 0 Å². The zero-order valence-corrected chi connectivity index (χ0v) is 16.6. The topological polar surface area (TPSA) is 70.6 Å². The fourth-order valence-corrected chi connectivity index (χ4v) is 3.25. The van der Waals surface area contributed by atoms with Gasteiger partial charge < -0.3 is 10.6 Å². The molecule has 1 rings (SSSR count). The molecule has 0 fully saturated rings. The number of guanidine groups is 1. The summed E-state index contributed by atoms with van der Waals surface area (Å²) in [4.78, 5) is 4.59. The number of aryl methyl sites for hydroxylation is 1. The van der Waals surface area contributed by atoms with Gasteiger partial charge in [-0.15, -0.1) is 0 Å². The lowest BCUT2D eigenvalue weighted by Crippen LogP contribution is -2.42. The van der Waals surface area contributed by atoms with Crippen LogP contribution in [0.2, 0.25) is 0 Å². The number of aliphatic imine (C=N–C) groups is 1. The maximum atomic E-state index is 11.2. The maximum absolute atomic E-state index is 11.2. The first kappa shape index (κ1) is 21.5. The molecule has 2 N–H and O–H groups in total. The fourth-order valence-electron chi connectivity index (χ4n) is 2.47. The van der Waals surface area contributed by atoms with Gasteiger partial charge in [-0.05, 0) is 45.1 Å². The summed E-state index contributed by atoms with van der Waals surface area (Å²) in [6, 6.07) is 10.6. The van der Waals surface area contributed by atoms with E-state index < -0.39 is 9.84 Å². The predicted molar refractivity (Wildman–Crippen MR) is 107 cm³/mol. The minimum atomic E-state index is -2.92. The summed E-state index contributed by atoms with van der Waals surface area (Å²) in [5.41, 5.74) is 1.39. The highest BCUT2D eigenvalue weighted by Crippen LogP contribution is 2.06. The SMILES string of the molecule is CCNC(=NCCCCCc1ccccc1)NC(C)CCS(C)(=O)=O. The van der Waals surface area contributed by atoms with E-state index >= 15 is 0 Å². The molecule has 5 nitrogen and oxygen atoms in total. The van der Waals surface area contributed by atoms with Crippen molar-refractivity contribution in [2.24, 2.45) is 4.99 Å². The molecular formula is C19H33N3O2S. The summed E-state index contributed by atoms with van der Waals surface area (Å²) in [5.74, 6) is 0.964. The summed E-state index contributed by atoms with van der Waals surface area (Å²) in [6.45, 7) is 5.58. The third-order valence-corrected chi connectivity index (χ3v) is 4.86. The van der Waals surface area contributed by atoms with Crippen LogP contribution >= 0.6 is 0 Å². The maximum Gasteiger partial charge on any atom is 0.191 e. The molecule has 1 aromatic rings. The molecule has 0 heterocycles. The first-order valence-electron chi connectivity index (χ1n) is 9.17. The van der Waals surface area contributed by atoms with Crippen molar-refractivity contribution < 1.29 is 8.42 Å². The van der Waals surface area contributed by atoms with Crippen LogP contribution in [-0.4, -0.2) is 45.5 Å². The van der Waals surface area contributed by atoms with Crippen LogP contribution in [-0.2, 0) is 16.3 Å². The molecular weight excluding hydrogens is 334 g/mol. The lowest BCUT2D eigenvalue weighted by molar-refractivity contribution is 0.580. The highest BCUT2D eigenvalue weighted by Gasteiger charge is 2.09. The zero-order chi connectivity index (χ0) is 18.5. The Balaban J connectivity index is 2.27. The van der Waals surface area contributed by atoms with Gasteiger partial charge in [0.25, 0.3) is 0 Å². The molecule has 0 radical (unpaired) electrons. The van der Waals surface area contributed by atoms with Crippen molar-refractivity contribution in [3.05, 3.63) is 35.9 Å². The first-order valence-corrected chi connectivity index (χ1v) is 11.2. The van der Waals surface area contributed by atoms with Crippen molar-refractivity contribution in [3.63, 3.8) is 0 Å². The highest BCUT2D eigenvalue weighted by molar-refractivity contribution is 7.90. The summed E-state index contributed by atoms with van der Waals surface area (Å²) >= 11 is 0. The summed E-state index contributed by atoms with van der Waals surface area (Å²) < 4.78 is 22.5. The van der Waals surface area contributed by atoms with E-state index in [1.165, 1.54) is 18.2 Å². The van der Waals surface area contributed by atoms with Crippen molar-refractivity contribution in [1.29, 1.82) is 0 Å². The van der Waals surface area contributed by atoms with E-state index in [4.69, 9.17) is 0 Å². The molecule has 0 aliphatic rings. The van der Waals surface area contributed by atoms with Gasteiger partial charge in [-0.3, -0.25) is 4.99 Å². The molecule has 1 aromatic carbocycles. The molecule has 1 unspecified atom stereocenters. The normalized spacial score (nSPS) is 13.5. The van der Waals surface area contributed by atoms with E-state index in [0.29, 0.717) is 6.42 Å². The molecule has 1 atom stereocenters. The van der Waals surface area contributed by atoms with Gasteiger partial charge >= 0.3 is 0 Å². The standard InChI is InChI=1S/C19H33N3O2S/c1-4-20-19(22-17(2)14-16-25(3,23)24)21-15-10-6-9-13-18-11-7-5-8-12-18/h5,7-8,11-12,17H,4,6,9-10,13-16H2,1-3H3,(H2,20,21,22). The average molecular weight is 368 g/mol. The van der Waals surface area contributed by atoms with Crippen LogP contribution in [0.4, 0.5) is 0 Å². The van der Waals surface area contributed by atoms with Gasteiger partial charge in [-0.1, -0.05) is 36.8 Å². The van der Waals surface area contributed by atoms with Crippen LogP contribution in [0, 0.1) is 0 Å². The Labute approximate surface area is 153 Å². The van der Waals surface area contributed by atoms with Crippen LogP contribution < -0.4 is 10.6 Å². The number of hydrogen-bond acceptors (Lipinski definition) is 3. The molecule has 0 bridgehead atoms. The number of benzene rings is 1. The van der Waals surface area contributed by atoms with E-state index in [9.17, 15) is 8.42 Å². The minimum absolute atomic E-state index is 0.0746. The number of nitrogens with zero attached hydrogens (tertiary/aromatic N) is 1. The average Bonchev–Trinajstić information content (AvgIpc) is 2.56. The monoisotopic (exact) mass is 367 g/mol. The van der Waals surface area contributed by atoms with Gasteiger partial charge in [-0.2, -0.15) is 0 Å². The second kappa shape index (κ2) is 11.9. The van der Waals surface area contributed by atoms with Gasteiger partial charge in [-0.25, -0.2) is 8.42 Å². The van der Waals surface area contributed by atoms with E-state index in [-0.39, 0.29) is 11.8 Å². The lowest BCUT2D eigenvalue weighted by Gasteiger charge is -2.17. The van der Waals surface area contributed by atoms with E-state index in [0.717, 1.165) is 38.3 Å². The second-order valence-electron chi connectivity index (χ2n) is 6.52. The molecule has 0 spiro atoms. The van der Waals surface area contributed by atoms with Gasteiger partial charge in [0.05, 0.1) is 5.75 Å². The summed E-state index contributed by atoms with van der Waals surface area (Å²) in [6.07, 6.45) is 6.36. The predicted octanol–water partition coefficient (Wildman–Crippen LogP) is 2.78. The van der Waals surface area contributed by atoms with Gasteiger partial charge in [0.1, 0.15) is 9.84 Å². The Morgan fingerprint density at radius 1 is 1.16 bits per heavy atom. The first-order chi connectivity index (χ1) is 11.9. The molecule has 0 aromatic heterocycles. The van der Waals surface area contributed by atoms with Crippen molar-refractivity contribution >= 4 is 15.8 Å². The lowest BCUT2D eigenvalue weighted by atomic mass is 10.1. The molecule has 142 valence electrons. The molecule has 0 saturated heterocycles. The Hall–Kier alpha value is -1.56. The number of rotatable bonds is 11. The van der Waals surface area contributed by atoms with Gasteiger partial charge in [0.15, 0.2) is 5.96 Å². The molecule has 0 amide bonds. The van der Waals surface area contributed by atoms with Gasteiger partial charge in [0, 0.05) is 25.4 Å². The van der Waals surface area contributed by atoms with Crippen molar-refractivity contribution in [2.75, 3.05) is 25.1 Å². The van der Waals surface area contributed by atoms with Crippen LogP contribution in [0.1, 0.15) is 45.1 Å². The Morgan fingerprint density at radius 2 is 1.88 bits per heavy atom. The Morgan fingerprint density at radius 3 is 2.52 bits per heavy atom. The van der Waals surface area contributed by atoms with E-state index in [2.05, 4.69) is 39.9 Å². The van der Waals surface area contributed by atoms with E-state index in [1.807, 2.05) is 19.9 Å². The zero-order valence-electron chi connectivity index (χ0n) is 15.8. The molecule has 0 aliphatic carbocycles. The van der Waals surface area contributed by atoms with E-state index in [1.54, 1.807) is 0 Å². The summed E-state index contributed by atoms with van der Waals surface area (Å²) in [7, 11) is -2.92. The number of sulfone groups is 1. The van der Waals surface area contributed by atoms with Gasteiger partial charge in [0.2, 0.25) is 0 Å². The minimum Gasteiger partial charge on any atom is -0.357 e. The number of nitrogens with one attached hydrogen (secondary N) is 2. The Kier molecular flexibility index (Phi) is 10.2. The van der Waals surface area contributed by atoms with Crippen LogP contribution in [0.25, 0.3) is 0 Å². The number of hydrogen-bond donors (Lipinski definition) is 2.